The number of methoxy groups -OCH3 is 1. The predicted molar refractivity (Wildman–Crippen MR) is 121 cm³/mol. The van der Waals surface area contributed by atoms with Crippen molar-refractivity contribution in [2.45, 2.75) is 37.0 Å². The van der Waals surface area contributed by atoms with Crippen LogP contribution in [0.15, 0.2) is 48.5 Å². The average molecular weight is 513 g/mol. The van der Waals surface area contributed by atoms with E-state index in [4.69, 9.17) is 16.3 Å². The average Bonchev–Trinajstić information content (AvgIpc) is 2.81. The predicted octanol–water partition coefficient (Wildman–Crippen LogP) is 4.80. The molecule has 0 saturated carbocycles. The number of alkyl halides is 3. The lowest BCUT2D eigenvalue weighted by atomic mass is 9.62. The van der Waals surface area contributed by atoms with Gasteiger partial charge in [-0.2, -0.15) is 13.2 Å². The molecule has 4 rings (SSSR count). The van der Waals surface area contributed by atoms with Crippen molar-refractivity contribution in [1.29, 1.82) is 0 Å². The third kappa shape index (κ3) is 4.40. The Labute approximate surface area is 205 Å². The van der Waals surface area contributed by atoms with Gasteiger partial charge in [0.05, 0.1) is 0 Å². The number of halogens is 5. The molecule has 5 nitrogen and oxygen atoms in total. The van der Waals surface area contributed by atoms with Crippen molar-refractivity contribution < 1.29 is 31.9 Å². The second kappa shape index (κ2) is 9.43. The number of hydrogen-bond donors (Lipinski definition) is 1. The summed E-state index contributed by atoms with van der Waals surface area (Å²) in [5.41, 5.74) is -3.77. The number of amides is 2. The van der Waals surface area contributed by atoms with Crippen molar-refractivity contribution in [3.8, 4) is 0 Å². The number of carbonyl (C=O) groups excluding carboxylic acids is 2. The van der Waals surface area contributed by atoms with Crippen LogP contribution in [0.1, 0.15) is 36.3 Å². The fourth-order valence-electron chi connectivity index (χ4n) is 5.47. The Balaban J connectivity index is 1.63. The molecule has 2 heterocycles. The molecule has 0 aromatic heterocycles. The number of hydrogen-bond acceptors (Lipinski definition) is 3. The Kier molecular flexibility index (Phi) is 6.85. The summed E-state index contributed by atoms with van der Waals surface area (Å²) in [5, 5.41) is 3.01. The monoisotopic (exact) mass is 512 g/mol. The summed E-state index contributed by atoms with van der Waals surface area (Å²) in [7, 11) is 0.870. The maximum absolute atomic E-state index is 14.8. The fourth-order valence-corrected chi connectivity index (χ4v) is 5.63. The van der Waals surface area contributed by atoms with E-state index in [1.807, 2.05) is 0 Å². The fraction of sp³-hybridized carbons (Fsp3) is 0.440. The highest BCUT2D eigenvalue weighted by Gasteiger charge is 2.64. The van der Waals surface area contributed by atoms with Gasteiger partial charge < -0.3 is 15.0 Å². The molecular formula is C25H25ClF4N2O3. The first kappa shape index (κ1) is 25.4. The molecule has 2 aliphatic heterocycles. The SMILES string of the molecule is CO[C@@](C(=O)N1CCC2(CC1)CC(=O)NCC2c1ccc(Cl)cc1F)(c1ccccc1)C(F)(F)F. The van der Waals surface area contributed by atoms with Gasteiger partial charge in [-0.3, -0.25) is 9.59 Å². The number of piperidine rings is 2. The summed E-state index contributed by atoms with van der Waals surface area (Å²) in [5.74, 6) is -2.32. The molecule has 1 N–H and O–H groups in total. The summed E-state index contributed by atoms with van der Waals surface area (Å²) >= 11 is 5.90. The summed E-state index contributed by atoms with van der Waals surface area (Å²) in [6, 6.07) is 11.2. The molecule has 2 fully saturated rings. The van der Waals surface area contributed by atoms with E-state index in [0.29, 0.717) is 5.56 Å². The van der Waals surface area contributed by atoms with Crippen LogP contribution < -0.4 is 5.32 Å². The van der Waals surface area contributed by atoms with E-state index in [1.54, 1.807) is 18.2 Å². The molecule has 188 valence electrons. The zero-order valence-electron chi connectivity index (χ0n) is 19.0. The molecule has 2 aromatic rings. The Morgan fingerprint density at radius 1 is 1.14 bits per heavy atom. The molecule has 2 amide bonds. The van der Waals surface area contributed by atoms with Crippen LogP contribution in [0.3, 0.4) is 0 Å². The molecule has 0 aliphatic carbocycles. The Hall–Kier alpha value is -2.65. The van der Waals surface area contributed by atoms with Crippen molar-refractivity contribution >= 4 is 23.4 Å². The summed E-state index contributed by atoms with van der Waals surface area (Å²) < 4.78 is 62.8. The lowest BCUT2D eigenvalue weighted by Crippen LogP contribution is -2.60. The van der Waals surface area contributed by atoms with Crippen LogP contribution in [0.2, 0.25) is 5.02 Å². The Bertz CT molecular complexity index is 1100. The third-order valence-electron chi connectivity index (χ3n) is 7.33. The molecule has 2 aliphatic rings. The van der Waals surface area contributed by atoms with Crippen molar-refractivity contribution in [3.63, 3.8) is 0 Å². The molecule has 0 radical (unpaired) electrons. The largest absolute Gasteiger partial charge is 0.430 e. The van der Waals surface area contributed by atoms with Crippen molar-refractivity contribution in [1.82, 2.24) is 10.2 Å². The maximum Gasteiger partial charge on any atom is 0.430 e. The van der Waals surface area contributed by atoms with Crippen LogP contribution in [-0.4, -0.2) is 49.6 Å². The minimum absolute atomic E-state index is 0.0220. The van der Waals surface area contributed by atoms with Crippen LogP contribution >= 0.6 is 11.6 Å². The normalized spacial score (nSPS) is 21.9. The van der Waals surface area contributed by atoms with Crippen molar-refractivity contribution in [3.05, 3.63) is 70.5 Å². The van der Waals surface area contributed by atoms with Crippen LogP contribution in [0.5, 0.6) is 0 Å². The second-order valence-corrected chi connectivity index (χ2v) is 9.54. The van der Waals surface area contributed by atoms with E-state index in [2.05, 4.69) is 5.32 Å². The molecule has 1 spiro atoms. The van der Waals surface area contributed by atoms with Crippen molar-refractivity contribution in [2.75, 3.05) is 26.7 Å². The van der Waals surface area contributed by atoms with Gasteiger partial charge in [0.1, 0.15) is 5.82 Å². The number of carbonyl (C=O) groups is 2. The highest BCUT2D eigenvalue weighted by atomic mass is 35.5. The van der Waals surface area contributed by atoms with E-state index in [-0.39, 0.29) is 55.4 Å². The van der Waals surface area contributed by atoms with Gasteiger partial charge in [0.25, 0.3) is 11.5 Å². The molecule has 0 bridgehead atoms. The molecule has 10 heteroatoms. The number of likely N-dealkylation sites (tertiary alicyclic amines) is 1. The number of nitrogens with one attached hydrogen (secondary N) is 1. The molecular weight excluding hydrogens is 488 g/mol. The highest BCUT2D eigenvalue weighted by Crippen LogP contribution is 2.51. The standard InChI is InChI=1S/C25H25ClF4N2O3/c1-35-24(25(28,29)30,16-5-3-2-4-6-16)22(34)32-11-9-23(10-12-32)14-21(33)31-15-19(23)18-8-7-17(26)13-20(18)27/h2-8,13,19H,9-12,14-15H2,1H3,(H,31,33)/t19?,24-/m1/s1. The van der Waals surface area contributed by atoms with Crippen LogP contribution in [0.4, 0.5) is 17.6 Å². The van der Waals surface area contributed by atoms with Gasteiger partial charge in [0.15, 0.2) is 0 Å². The van der Waals surface area contributed by atoms with Gasteiger partial charge >= 0.3 is 6.18 Å². The van der Waals surface area contributed by atoms with Crippen LogP contribution in [0, 0.1) is 11.2 Å². The smallest absolute Gasteiger partial charge is 0.356 e. The van der Waals surface area contributed by atoms with Gasteiger partial charge in [-0.1, -0.05) is 48.0 Å². The number of ether oxygens (including phenoxy) is 1. The first-order chi connectivity index (χ1) is 16.5. The van der Waals surface area contributed by atoms with Gasteiger partial charge in [-0.05, 0) is 36.0 Å². The topological polar surface area (TPSA) is 58.6 Å². The number of benzene rings is 2. The van der Waals surface area contributed by atoms with Gasteiger partial charge in [0.2, 0.25) is 5.91 Å². The summed E-state index contributed by atoms with van der Waals surface area (Å²) in [6.07, 6.45) is -4.43. The quantitative estimate of drug-likeness (QED) is 0.599. The summed E-state index contributed by atoms with van der Waals surface area (Å²) in [6.45, 7) is 0.150. The first-order valence-electron chi connectivity index (χ1n) is 11.2. The maximum atomic E-state index is 14.8. The highest BCUT2D eigenvalue weighted by molar-refractivity contribution is 6.30. The van der Waals surface area contributed by atoms with E-state index in [1.165, 1.54) is 30.3 Å². The number of nitrogens with zero attached hydrogens (tertiary/aromatic N) is 1. The van der Waals surface area contributed by atoms with Crippen LogP contribution in [0.25, 0.3) is 0 Å². The van der Waals surface area contributed by atoms with Crippen LogP contribution in [-0.2, 0) is 19.9 Å². The van der Waals surface area contributed by atoms with Crippen molar-refractivity contribution in [2.24, 2.45) is 5.41 Å². The second-order valence-electron chi connectivity index (χ2n) is 9.10. The molecule has 2 aromatic carbocycles. The Morgan fingerprint density at radius 3 is 2.37 bits per heavy atom. The molecule has 2 saturated heterocycles. The van der Waals surface area contributed by atoms with E-state index in [0.717, 1.165) is 12.0 Å². The molecule has 1 unspecified atom stereocenters. The minimum Gasteiger partial charge on any atom is -0.356 e. The Morgan fingerprint density at radius 2 is 1.80 bits per heavy atom. The van der Waals surface area contributed by atoms with Gasteiger partial charge in [0, 0.05) is 49.7 Å². The first-order valence-corrected chi connectivity index (χ1v) is 11.6. The minimum atomic E-state index is -5.00. The molecule has 35 heavy (non-hydrogen) atoms. The van der Waals surface area contributed by atoms with E-state index < -0.39 is 34.8 Å². The summed E-state index contributed by atoms with van der Waals surface area (Å²) in [4.78, 5) is 26.9. The third-order valence-corrected chi connectivity index (χ3v) is 7.56. The lowest BCUT2D eigenvalue weighted by Gasteiger charge is -2.50. The zero-order chi connectivity index (χ0) is 25.4. The van der Waals surface area contributed by atoms with Gasteiger partial charge in [-0.25, -0.2) is 4.39 Å². The van der Waals surface area contributed by atoms with E-state index >= 15 is 0 Å². The van der Waals surface area contributed by atoms with E-state index in [9.17, 15) is 27.2 Å². The molecule has 2 atom stereocenters. The number of rotatable bonds is 4. The lowest BCUT2D eigenvalue weighted by molar-refractivity contribution is -0.271. The zero-order valence-corrected chi connectivity index (χ0v) is 19.8. The van der Waals surface area contributed by atoms with Gasteiger partial charge in [-0.15, -0.1) is 0 Å².